The summed E-state index contributed by atoms with van der Waals surface area (Å²) in [7, 11) is 0. The SMILES string of the molecule is O=C(c1cc(Cc2n[nH]c(=O)c3ccccc23)ccc1F)N1CCN(C(=O)N2CCOCC2)CC1. The second-order valence-corrected chi connectivity index (χ2v) is 8.70. The molecule has 0 bridgehead atoms. The van der Waals surface area contributed by atoms with Crippen molar-refractivity contribution in [3.8, 4) is 0 Å². The van der Waals surface area contributed by atoms with Crippen molar-refractivity contribution in [1.82, 2.24) is 24.9 Å². The molecule has 9 nitrogen and oxygen atoms in total. The van der Waals surface area contributed by atoms with Crippen LogP contribution < -0.4 is 5.56 Å². The number of morpholine rings is 1. The fourth-order valence-corrected chi connectivity index (χ4v) is 4.57. The van der Waals surface area contributed by atoms with Crippen LogP contribution >= 0.6 is 0 Å². The molecule has 5 rings (SSSR count). The Balaban J connectivity index is 1.29. The summed E-state index contributed by atoms with van der Waals surface area (Å²) in [6.45, 7) is 3.67. The molecule has 3 aromatic rings. The third-order valence-corrected chi connectivity index (χ3v) is 6.53. The van der Waals surface area contributed by atoms with Gasteiger partial charge in [0.25, 0.3) is 11.5 Å². The van der Waals surface area contributed by atoms with Crippen molar-refractivity contribution >= 4 is 22.7 Å². The van der Waals surface area contributed by atoms with Gasteiger partial charge in [0.15, 0.2) is 0 Å². The van der Waals surface area contributed by atoms with E-state index in [-0.39, 0.29) is 17.2 Å². The van der Waals surface area contributed by atoms with Gasteiger partial charge in [0, 0.05) is 51.1 Å². The van der Waals surface area contributed by atoms with Crippen molar-refractivity contribution < 1.29 is 18.7 Å². The molecule has 2 aliphatic heterocycles. The van der Waals surface area contributed by atoms with Gasteiger partial charge in [0.2, 0.25) is 0 Å². The monoisotopic (exact) mass is 479 g/mol. The molecule has 0 unspecified atom stereocenters. The number of nitrogens with zero attached hydrogens (tertiary/aromatic N) is 4. The van der Waals surface area contributed by atoms with E-state index < -0.39 is 11.7 Å². The number of piperazine rings is 1. The number of aromatic amines is 1. The topological polar surface area (TPSA) is 98.8 Å². The predicted octanol–water partition coefficient (Wildman–Crippen LogP) is 1.86. The van der Waals surface area contributed by atoms with Gasteiger partial charge in [-0.05, 0) is 23.8 Å². The maximum absolute atomic E-state index is 14.7. The van der Waals surface area contributed by atoms with E-state index in [0.29, 0.717) is 75.5 Å². The lowest BCUT2D eigenvalue weighted by Crippen LogP contribution is -2.55. The summed E-state index contributed by atoms with van der Waals surface area (Å²) < 4.78 is 20.0. The molecule has 182 valence electrons. The highest BCUT2D eigenvalue weighted by atomic mass is 19.1. The molecule has 3 amide bonds. The van der Waals surface area contributed by atoms with Gasteiger partial charge in [-0.15, -0.1) is 0 Å². The first-order chi connectivity index (χ1) is 17.0. The number of ether oxygens (including phenoxy) is 1. The zero-order valence-corrected chi connectivity index (χ0v) is 19.2. The summed E-state index contributed by atoms with van der Waals surface area (Å²) in [5, 5.41) is 7.92. The number of halogens is 1. The Hall–Kier alpha value is -3.79. The number of carbonyl (C=O) groups is 2. The van der Waals surface area contributed by atoms with Gasteiger partial charge in [-0.3, -0.25) is 9.59 Å². The number of H-pyrrole nitrogens is 1. The molecule has 1 N–H and O–H groups in total. The number of hydrogen-bond donors (Lipinski definition) is 1. The van der Waals surface area contributed by atoms with Gasteiger partial charge in [0.1, 0.15) is 5.82 Å². The third-order valence-electron chi connectivity index (χ3n) is 6.53. The highest BCUT2D eigenvalue weighted by Gasteiger charge is 2.29. The van der Waals surface area contributed by atoms with Crippen LogP contribution in [0.1, 0.15) is 21.6 Å². The number of fused-ring (bicyclic) bond motifs is 1. The van der Waals surface area contributed by atoms with Crippen LogP contribution in [0.4, 0.5) is 9.18 Å². The molecule has 2 saturated heterocycles. The Labute approximate surface area is 201 Å². The molecule has 0 radical (unpaired) electrons. The second-order valence-electron chi connectivity index (χ2n) is 8.70. The van der Waals surface area contributed by atoms with Crippen LogP contribution in [0.3, 0.4) is 0 Å². The minimum absolute atomic E-state index is 0.0100. The van der Waals surface area contributed by atoms with Gasteiger partial charge < -0.3 is 19.4 Å². The first kappa shape index (κ1) is 23.0. The number of carbonyl (C=O) groups excluding carboxylic acids is 2. The van der Waals surface area contributed by atoms with E-state index in [2.05, 4.69) is 10.2 Å². The number of nitrogens with one attached hydrogen (secondary N) is 1. The zero-order chi connectivity index (χ0) is 24.4. The lowest BCUT2D eigenvalue weighted by molar-refractivity contribution is 0.0362. The molecule has 2 fully saturated rings. The molecule has 2 aliphatic rings. The van der Waals surface area contributed by atoms with E-state index in [1.807, 2.05) is 12.1 Å². The van der Waals surface area contributed by atoms with Crippen LogP contribution in [0.15, 0.2) is 47.3 Å². The Morgan fingerprint density at radius 2 is 1.57 bits per heavy atom. The molecule has 3 heterocycles. The predicted molar refractivity (Wildman–Crippen MR) is 127 cm³/mol. The molecule has 35 heavy (non-hydrogen) atoms. The minimum atomic E-state index is -0.593. The van der Waals surface area contributed by atoms with Crippen molar-refractivity contribution in [1.29, 1.82) is 0 Å². The van der Waals surface area contributed by atoms with Crippen LogP contribution in [-0.2, 0) is 11.2 Å². The maximum atomic E-state index is 14.7. The molecule has 2 aromatic carbocycles. The second kappa shape index (κ2) is 9.83. The van der Waals surface area contributed by atoms with Gasteiger partial charge in [0.05, 0.1) is 29.9 Å². The van der Waals surface area contributed by atoms with Gasteiger partial charge in [-0.25, -0.2) is 14.3 Å². The first-order valence-corrected chi connectivity index (χ1v) is 11.7. The fourth-order valence-electron chi connectivity index (χ4n) is 4.57. The Bertz CT molecular complexity index is 1310. The highest BCUT2D eigenvalue weighted by molar-refractivity contribution is 5.95. The van der Waals surface area contributed by atoms with Crippen LogP contribution in [-0.4, -0.2) is 89.3 Å². The van der Waals surface area contributed by atoms with Crippen molar-refractivity contribution in [3.63, 3.8) is 0 Å². The smallest absolute Gasteiger partial charge is 0.320 e. The van der Waals surface area contributed by atoms with E-state index in [1.165, 1.54) is 6.07 Å². The van der Waals surface area contributed by atoms with Crippen LogP contribution in [0.25, 0.3) is 10.8 Å². The van der Waals surface area contributed by atoms with Crippen LogP contribution in [0, 0.1) is 5.82 Å². The number of urea groups is 1. The summed E-state index contributed by atoms with van der Waals surface area (Å²) in [5.74, 6) is -0.994. The Morgan fingerprint density at radius 3 is 2.31 bits per heavy atom. The zero-order valence-electron chi connectivity index (χ0n) is 19.2. The molecule has 0 saturated carbocycles. The van der Waals surface area contributed by atoms with Gasteiger partial charge >= 0.3 is 6.03 Å². The average molecular weight is 480 g/mol. The molecule has 0 aliphatic carbocycles. The van der Waals surface area contributed by atoms with Crippen molar-refractivity contribution in [3.05, 3.63) is 75.5 Å². The lowest BCUT2D eigenvalue weighted by Gasteiger charge is -2.38. The molecule has 10 heteroatoms. The third kappa shape index (κ3) is 4.74. The summed E-state index contributed by atoms with van der Waals surface area (Å²) in [6, 6.07) is 11.6. The number of rotatable bonds is 3. The van der Waals surface area contributed by atoms with E-state index in [0.717, 1.165) is 5.39 Å². The summed E-state index contributed by atoms with van der Waals surface area (Å²) in [4.78, 5) is 43.0. The summed E-state index contributed by atoms with van der Waals surface area (Å²) in [5.41, 5.74) is 1.07. The number of benzene rings is 2. The van der Waals surface area contributed by atoms with Gasteiger partial charge in [-0.1, -0.05) is 24.3 Å². The number of amides is 3. The Morgan fingerprint density at radius 1 is 0.914 bits per heavy atom. The van der Waals surface area contributed by atoms with E-state index in [1.54, 1.807) is 39.0 Å². The van der Waals surface area contributed by atoms with Crippen molar-refractivity contribution in [2.75, 3.05) is 52.5 Å². The normalized spacial score (nSPS) is 16.5. The van der Waals surface area contributed by atoms with Crippen molar-refractivity contribution in [2.45, 2.75) is 6.42 Å². The average Bonchev–Trinajstić information content (AvgIpc) is 2.91. The van der Waals surface area contributed by atoms with Crippen LogP contribution in [0.5, 0.6) is 0 Å². The van der Waals surface area contributed by atoms with E-state index in [9.17, 15) is 18.8 Å². The highest BCUT2D eigenvalue weighted by Crippen LogP contribution is 2.20. The van der Waals surface area contributed by atoms with E-state index >= 15 is 0 Å². The minimum Gasteiger partial charge on any atom is -0.378 e. The Kier molecular flexibility index (Phi) is 6.45. The van der Waals surface area contributed by atoms with Crippen LogP contribution in [0.2, 0.25) is 0 Å². The molecule has 0 spiro atoms. The number of aromatic nitrogens is 2. The first-order valence-electron chi connectivity index (χ1n) is 11.7. The summed E-state index contributed by atoms with van der Waals surface area (Å²) >= 11 is 0. The maximum Gasteiger partial charge on any atom is 0.320 e. The molecular formula is C25H26FN5O4. The van der Waals surface area contributed by atoms with Gasteiger partial charge in [-0.2, -0.15) is 5.10 Å². The lowest BCUT2D eigenvalue weighted by atomic mass is 10.0. The quantitative estimate of drug-likeness (QED) is 0.618. The molecular weight excluding hydrogens is 453 g/mol. The van der Waals surface area contributed by atoms with E-state index in [4.69, 9.17) is 4.74 Å². The fraction of sp³-hybridized carbons (Fsp3) is 0.360. The number of hydrogen-bond acceptors (Lipinski definition) is 5. The largest absolute Gasteiger partial charge is 0.378 e. The standard InChI is InChI=1S/C25H26FN5O4/c26-21-6-5-17(16-22-18-3-1-2-4-19(18)23(32)28-27-22)15-20(21)24(33)29-7-9-30(10-8-29)25(34)31-11-13-35-14-12-31/h1-6,15H,7-14,16H2,(H,28,32). The summed E-state index contributed by atoms with van der Waals surface area (Å²) in [6.07, 6.45) is 0.333. The van der Waals surface area contributed by atoms with Crippen molar-refractivity contribution in [2.24, 2.45) is 0 Å². The molecule has 1 aromatic heterocycles. The molecule has 0 atom stereocenters.